The number of rotatable bonds is 3. The number of carbonyl (C=O) groups excluding carboxylic acids is 1. The van der Waals surface area contributed by atoms with Gasteiger partial charge in [0.05, 0.1) is 0 Å². The van der Waals surface area contributed by atoms with Crippen molar-refractivity contribution in [1.82, 2.24) is 5.32 Å². The van der Waals surface area contributed by atoms with Gasteiger partial charge in [-0.3, -0.25) is 9.59 Å². The summed E-state index contributed by atoms with van der Waals surface area (Å²) in [5.74, 6) is -3.65. The van der Waals surface area contributed by atoms with E-state index in [1.165, 1.54) is 13.0 Å². The Balaban J connectivity index is 2.93. The molecule has 0 saturated heterocycles. The first kappa shape index (κ1) is 12.0. The lowest BCUT2D eigenvalue weighted by Gasteiger charge is -2.10. The van der Waals surface area contributed by atoms with Crippen LogP contribution in [0.4, 0.5) is 4.39 Å². The molecule has 5 nitrogen and oxygen atoms in total. The highest BCUT2D eigenvalue weighted by Gasteiger charge is 2.20. The summed E-state index contributed by atoms with van der Waals surface area (Å²) in [6.45, 7) is 1.23. The number of benzene rings is 1. The number of carboxylic acids is 1. The molecule has 0 aliphatic carbocycles. The number of phenolic OH excluding ortho intramolecular Hbond substituents is 1. The number of hydrogen-bond acceptors (Lipinski definition) is 3. The van der Waals surface area contributed by atoms with Crippen LogP contribution in [0.1, 0.15) is 17.3 Å². The molecule has 0 heterocycles. The predicted molar refractivity (Wildman–Crippen MR) is 52.6 cm³/mol. The van der Waals surface area contributed by atoms with Crippen molar-refractivity contribution < 1.29 is 24.2 Å². The molecule has 0 aliphatic heterocycles. The number of amides is 1. The molecule has 0 saturated carbocycles. The molecule has 0 aliphatic rings. The average molecular weight is 227 g/mol. The molecule has 86 valence electrons. The molecule has 0 bridgehead atoms. The van der Waals surface area contributed by atoms with Crippen LogP contribution in [0.15, 0.2) is 18.2 Å². The minimum Gasteiger partial charge on any atom is -0.507 e. The van der Waals surface area contributed by atoms with E-state index in [1.54, 1.807) is 0 Å². The molecular formula is C10H10FNO4. The summed E-state index contributed by atoms with van der Waals surface area (Å²) < 4.78 is 13.2. The van der Waals surface area contributed by atoms with Crippen molar-refractivity contribution in [2.24, 2.45) is 0 Å². The van der Waals surface area contributed by atoms with Crippen LogP contribution < -0.4 is 5.32 Å². The average Bonchev–Trinajstić information content (AvgIpc) is 2.16. The summed E-state index contributed by atoms with van der Waals surface area (Å²) in [7, 11) is 0. The first-order chi connectivity index (χ1) is 7.43. The second kappa shape index (κ2) is 4.61. The van der Waals surface area contributed by atoms with Crippen molar-refractivity contribution in [3.05, 3.63) is 29.6 Å². The van der Waals surface area contributed by atoms with E-state index in [2.05, 4.69) is 0 Å². The summed E-state index contributed by atoms with van der Waals surface area (Å²) in [5.41, 5.74) is -0.560. The number of carbonyl (C=O) groups is 2. The lowest BCUT2D eigenvalue weighted by Crippen LogP contribution is -2.38. The Bertz CT molecular complexity index is 413. The third-order valence-corrected chi connectivity index (χ3v) is 1.94. The molecule has 6 heteroatoms. The first-order valence-corrected chi connectivity index (χ1v) is 4.44. The summed E-state index contributed by atoms with van der Waals surface area (Å²) in [6.07, 6.45) is 0. The van der Waals surface area contributed by atoms with E-state index in [9.17, 15) is 19.1 Å². The fourth-order valence-electron chi connectivity index (χ4n) is 1.07. The quantitative estimate of drug-likeness (QED) is 0.710. The van der Waals surface area contributed by atoms with E-state index in [1.807, 2.05) is 5.32 Å². The highest BCUT2D eigenvalue weighted by Crippen LogP contribution is 2.19. The van der Waals surface area contributed by atoms with Gasteiger partial charge in [0.1, 0.15) is 23.2 Å². The Morgan fingerprint density at radius 3 is 2.56 bits per heavy atom. The van der Waals surface area contributed by atoms with Gasteiger partial charge in [0, 0.05) is 0 Å². The highest BCUT2D eigenvalue weighted by atomic mass is 19.1. The Morgan fingerprint density at radius 1 is 1.44 bits per heavy atom. The number of hydrogen-bond donors (Lipinski definition) is 3. The molecule has 16 heavy (non-hydrogen) atoms. The van der Waals surface area contributed by atoms with Gasteiger partial charge in [0.25, 0.3) is 5.91 Å². The zero-order chi connectivity index (χ0) is 12.3. The topological polar surface area (TPSA) is 86.6 Å². The van der Waals surface area contributed by atoms with Crippen molar-refractivity contribution >= 4 is 11.9 Å². The van der Waals surface area contributed by atoms with Crippen molar-refractivity contribution in [2.75, 3.05) is 0 Å². The van der Waals surface area contributed by atoms with Crippen LogP contribution in [0.25, 0.3) is 0 Å². The van der Waals surface area contributed by atoms with Crippen LogP contribution in [0, 0.1) is 5.82 Å². The normalized spacial score (nSPS) is 11.9. The van der Waals surface area contributed by atoms with Crippen LogP contribution in [0.5, 0.6) is 5.75 Å². The molecule has 3 N–H and O–H groups in total. The van der Waals surface area contributed by atoms with Crippen molar-refractivity contribution in [2.45, 2.75) is 13.0 Å². The molecule has 0 aromatic heterocycles. The number of halogens is 1. The van der Waals surface area contributed by atoms with Crippen molar-refractivity contribution in [1.29, 1.82) is 0 Å². The molecule has 1 atom stereocenters. The number of phenols is 1. The van der Waals surface area contributed by atoms with Gasteiger partial charge in [0.2, 0.25) is 0 Å². The summed E-state index contributed by atoms with van der Waals surface area (Å²) >= 11 is 0. The zero-order valence-corrected chi connectivity index (χ0v) is 8.40. The highest BCUT2D eigenvalue weighted by molar-refractivity contribution is 5.98. The smallest absolute Gasteiger partial charge is 0.325 e. The Labute approximate surface area is 90.5 Å². The van der Waals surface area contributed by atoms with Crippen molar-refractivity contribution in [3.8, 4) is 5.75 Å². The maximum absolute atomic E-state index is 13.2. The summed E-state index contributed by atoms with van der Waals surface area (Å²) in [4.78, 5) is 21.9. The maximum atomic E-state index is 13.2. The van der Waals surface area contributed by atoms with Gasteiger partial charge in [-0.15, -0.1) is 0 Å². The van der Waals surface area contributed by atoms with Gasteiger partial charge in [-0.1, -0.05) is 6.07 Å². The Hall–Kier alpha value is -2.11. The Kier molecular flexibility index (Phi) is 3.44. The molecule has 0 fully saturated rings. The molecular weight excluding hydrogens is 217 g/mol. The lowest BCUT2D eigenvalue weighted by atomic mass is 10.1. The van der Waals surface area contributed by atoms with E-state index in [-0.39, 0.29) is 0 Å². The van der Waals surface area contributed by atoms with E-state index in [0.717, 1.165) is 12.1 Å². The third-order valence-electron chi connectivity index (χ3n) is 1.94. The monoisotopic (exact) mass is 227 g/mol. The molecule has 0 spiro atoms. The number of aromatic hydroxyl groups is 1. The van der Waals surface area contributed by atoms with Gasteiger partial charge in [-0.05, 0) is 19.1 Å². The minimum atomic E-state index is -1.25. The summed E-state index contributed by atoms with van der Waals surface area (Å²) in [6, 6.07) is 2.22. The van der Waals surface area contributed by atoms with Gasteiger partial charge in [0.15, 0.2) is 0 Å². The SMILES string of the molecule is C[C@@H](NC(=O)c1c(O)cccc1F)C(=O)O. The van der Waals surface area contributed by atoms with Crippen LogP contribution >= 0.6 is 0 Å². The molecule has 1 amide bonds. The van der Waals surface area contributed by atoms with Crippen LogP contribution in [0.3, 0.4) is 0 Å². The van der Waals surface area contributed by atoms with Crippen LogP contribution in [-0.4, -0.2) is 28.1 Å². The molecule has 1 rings (SSSR count). The number of aliphatic carboxylic acids is 1. The second-order valence-electron chi connectivity index (χ2n) is 3.17. The maximum Gasteiger partial charge on any atom is 0.325 e. The van der Waals surface area contributed by atoms with Crippen molar-refractivity contribution in [3.63, 3.8) is 0 Å². The predicted octanol–water partition coefficient (Wildman–Crippen LogP) is 0.734. The van der Waals surface area contributed by atoms with Crippen LogP contribution in [-0.2, 0) is 4.79 Å². The van der Waals surface area contributed by atoms with Gasteiger partial charge < -0.3 is 15.5 Å². The first-order valence-electron chi connectivity index (χ1n) is 4.44. The standard InChI is InChI=1S/C10H10FNO4/c1-5(10(15)16)12-9(14)8-6(11)3-2-4-7(8)13/h2-5,13H,1H3,(H,12,14)(H,15,16)/t5-/m1/s1. The van der Waals surface area contributed by atoms with Crippen LogP contribution in [0.2, 0.25) is 0 Å². The fourth-order valence-corrected chi connectivity index (χ4v) is 1.07. The minimum absolute atomic E-state index is 0.532. The van der Waals surface area contributed by atoms with E-state index in [4.69, 9.17) is 5.11 Å². The largest absolute Gasteiger partial charge is 0.507 e. The summed E-state index contributed by atoms with van der Waals surface area (Å²) in [5, 5.41) is 19.8. The van der Waals surface area contributed by atoms with E-state index >= 15 is 0 Å². The zero-order valence-electron chi connectivity index (χ0n) is 8.40. The van der Waals surface area contributed by atoms with E-state index in [0.29, 0.717) is 0 Å². The van der Waals surface area contributed by atoms with Gasteiger partial charge in [-0.2, -0.15) is 0 Å². The van der Waals surface area contributed by atoms with Gasteiger partial charge >= 0.3 is 5.97 Å². The Morgan fingerprint density at radius 2 is 2.06 bits per heavy atom. The third kappa shape index (κ3) is 2.47. The van der Waals surface area contributed by atoms with Gasteiger partial charge in [-0.25, -0.2) is 4.39 Å². The molecule has 0 radical (unpaired) electrons. The number of carboxylic acid groups (broad SMARTS) is 1. The lowest BCUT2D eigenvalue weighted by molar-refractivity contribution is -0.138. The molecule has 1 aromatic rings. The number of nitrogens with one attached hydrogen (secondary N) is 1. The van der Waals surface area contributed by atoms with E-state index < -0.39 is 35.0 Å². The fraction of sp³-hybridized carbons (Fsp3) is 0.200. The molecule has 0 unspecified atom stereocenters. The second-order valence-corrected chi connectivity index (χ2v) is 3.17. The molecule has 1 aromatic carbocycles.